The molecule has 0 aliphatic heterocycles. The lowest BCUT2D eigenvalue weighted by Gasteiger charge is -2.14. The molecule has 0 saturated carbocycles. The standard InChI is InChI=1S/C19H15Cl2F2N3OS/c1-11(25-2)12(10-24)3-5-14-16(22)7-8-17(19(14)23)26-28(27)18-9-13(20)4-6-15(18)21/h4,6-10,26H,24H2,1-2H3. The Morgan fingerprint density at radius 3 is 2.64 bits per heavy atom. The molecule has 0 radical (unpaired) electrons. The molecule has 9 heteroatoms. The second kappa shape index (κ2) is 9.80. The Balaban J connectivity index is 2.39. The quantitative estimate of drug-likeness (QED) is 0.410. The number of nitrogens with zero attached hydrogens (tertiary/aromatic N) is 1. The van der Waals surface area contributed by atoms with Gasteiger partial charge in [-0.3, -0.25) is 4.99 Å². The van der Waals surface area contributed by atoms with Gasteiger partial charge in [0, 0.05) is 30.0 Å². The number of nitrogens with one attached hydrogen (secondary N) is 1. The van der Waals surface area contributed by atoms with Crippen molar-refractivity contribution in [3.05, 3.63) is 69.3 Å². The van der Waals surface area contributed by atoms with Crippen molar-refractivity contribution in [2.45, 2.75) is 11.8 Å². The van der Waals surface area contributed by atoms with Gasteiger partial charge in [-0.2, -0.15) is 0 Å². The van der Waals surface area contributed by atoms with Crippen molar-refractivity contribution in [2.24, 2.45) is 10.7 Å². The number of nitrogens with two attached hydrogens (primary N) is 1. The van der Waals surface area contributed by atoms with Crippen LogP contribution in [0.1, 0.15) is 12.5 Å². The highest BCUT2D eigenvalue weighted by atomic mass is 35.5. The van der Waals surface area contributed by atoms with E-state index in [0.717, 1.165) is 12.1 Å². The molecule has 0 fully saturated rings. The van der Waals surface area contributed by atoms with Crippen LogP contribution in [0.4, 0.5) is 14.5 Å². The van der Waals surface area contributed by atoms with E-state index in [4.69, 9.17) is 28.9 Å². The molecule has 2 aromatic rings. The Morgan fingerprint density at radius 2 is 2.00 bits per heavy atom. The summed E-state index contributed by atoms with van der Waals surface area (Å²) in [5.41, 5.74) is 5.60. The maximum absolute atomic E-state index is 14.7. The van der Waals surface area contributed by atoms with E-state index in [0.29, 0.717) is 16.3 Å². The summed E-state index contributed by atoms with van der Waals surface area (Å²) in [5.74, 6) is 3.12. The molecule has 4 nitrogen and oxygen atoms in total. The van der Waals surface area contributed by atoms with E-state index >= 15 is 0 Å². The predicted octanol–water partition coefficient (Wildman–Crippen LogP) is 4.69. The van der Waals surface area contributed by atoms with Crippen LogP contribution < -0.4 is 10.5 Å². The van der Waals surface area contributed by atoms with Crippen LogP contribution >= 0.6 is 23.2 Å². The SMILES string of the molecule is CN=C(C)C(C#Cc1c(F)ccc(N[S+]([O-])c2cc(Cl)ccc2Cl)c1F)=CN. The Kier molecular flexibility index (Phi) is 7.72. The van der Waals surface area contributed by atoms with E-state index in [9.17, 15) is 13.3 Å². The van der Waals surface area contributed by atoms with Gasteiger partial charge >= 0.3 is 0 Å². The fourth-order valence-corrected chi connectivity index (χ4v) is 3.53. The van der Waals surface area contributed by atoms with Gasteiger partial charge in [0.15, 0.2) is 10.7 Å². The average molecular weight is 442 g/mol. The van der Waals surface area contributed by atoms with Gasteiger partial charge < -0.3 is 10.3 Å². The van der Waals surface area contributed by atoms with Gasteiger partial charge in [-0.1, -0.05) is 35.0 Å². The molecule has 2 aromatic carbocycles. The molecule has 1 unspecified atom stereocenters. The van der Waals surface area contributed by atoms with Gasteiger partial charge in [0.1, 0.15) is 22.9 Å². The lowest BCUT2D eigenvalue weighted by molar-refractivity contribution is 0.578. The van der Waals surface area contributed by atoms with E-state index in [2.05, 4.69) is 21.6 Å². The van der Waals surface area contributed by atoms with E-state index in [1.165, 1.54) is 24.4 Å². The van der Waals surface area contributed by atoms with Gasteiger partial charge in [-0.05, 0) is 31.2 Å². The molecule has 28 heavy (non-hydrogen) atoms. The second-order valence-electron chi connectivity index (χ2n) is 5.37. The van der Waals surface area contributed by atoms with Gasteiger partial charge in [-0.25, -0.2) is 13.5 Å². The van der Waals surface area contributed by atoms with Crippen molar-refractivity contribution < 1.29 is 13.3 Å². The molecule has 1 atom stereocenters. The number of benzene rings is 2. The third-order valence-corrected chi connectivity index (χ3v) is 5.42. The Labute approximate surface area is 174 Å². The first-order valence-corrected chi connectivity index (χ1v) is 9.68. The fraction of sp³-hybridized carbons (Fsp3) is 0.105. The lowest BCUT2D eigenvalue weighted by Crippen LogP contribution is -2.15. The summed E-state index contributed by atoms with van der Waals surface area (Å²) in [7, 11) is 1.54. The summed E-state index contributed by atoms with van der Waals surface area (Å²) in [6.45, 7) is 1.66. The number of rotatable bonds is 4. The number of allylic oxidation sites excluding steroid dienone is 1. The fourth-order valence-electron chi connectivity index (χ4n) is 2.02. The van der Waals surface area contributed by atoms with Crippen molar-refractivity contribution >= 4 is 46.0 Å². The molecule has 0 spiro atoms. The molecule has 2 rings (SSSR count). The van der Waals surface area contributed by atoms with Crippen molar-refractivity contribution in [2.75, 3.05) is 11.8 Å². The second-order valence-corrected chi connectivity index (χ2v) is 7.39. The largest absolute Gasteiger partial charge is 0.588 e. The smallest absolute Gasteiger partial charge is 0.199 e. The highest BCUT2D eigenvalue weighted by Crippen LogP contribution is 2.28. The minimum atomic E-state index is -1.93. The van der Waals surface area contributed by atoms with Gasteiger partial charge in [0.2, 0.25) is 0 Å². The van der Waals surface area contributed by atoms with Crippen LogP contribution in [-0.2, 0) is 11.4 Å². The van der Waals surface area contributed by atoms with E-state index in [1.807, 2.05) is 0 Å². The van der Waals surface area contributed by atoms with Crippen molar-refractivity contribution in [1.82, 2.24) is 0 Å². The number of aliphatic imine (C=N–C) groups is 1. The zero-order valence-corrected chi connectivity index (χ0v) is 17.1. The molecule has 0 heterocycles. The molecule has 3 N–H and O–H groups in total. The lowest BCUT2D eigenvalue weighted by atomic mass is 10.1. The monoisotopic (exact) mass is 441 g/mol. The molecule has 0 aromatic heterocycles. The van der Waals surface area contributed by atoms with E-state index in [-0.39, 0.29) is 15.6 Å². The molecular weight excluding hydrogens is 427 g/mol. The molecule has 0 bridgehead atoms. The molecule has 0 aliphatic carbocycles. The molecule has 0 amide bonds. The van der Waals surface area contributed by atoms with Crippen LogP contribution in [-0.4, -0.2) is 17.3 Å². The minimum Gasteiger partial charge on any atom is -0.588 e. The van der Waals surface area contributed by atoms with Crippen molar-refractivity contribution in [3.63, 3.8) is 0 Å². The van der Waals surface area contributed by atoms with E-state index < -0.39 is 28.6 Å². The number of halogens is 4. The summed E-state index contributed by atoms with van der Waals surface area (Å²) < 4.78 is 43.8. The highest BCUT2D eigenvalue weighted by Gasteiger charge is 2.21. The summed E-state index contributed by atoms with van der Waals surface area (Å²) >= 11 is 9.94. The maximum Gasteiger partial charge on any atom is 0.199 e. The number of hydrogen-bond acceptors (Lipinski definition) is 4. The summed E-state index contributed by atoms with van der Waals surface area (Å²) in [4.78, 5) is 4.09. The summed E-state index contributed by atoms with van der Waals surface area (Å²) in [6.07, 6.45) is 1.20. The predicted molar refractivity (Wildman–Crippen MR) is 111 cm³/mol. The minimum absolute atomic E-state index is 0.161. The number of hydrogen-bond donors (Lipinski definition) is 2. The molecule has 0 saturated heterocycles. The number of anilines is 1. The first-order chi connectivity index (χ1) is 13.3. The van der Waals surface area contributed by atoms with Gasteiger partial charge in [0.05, 0.1) is 16.2 Å². The Morgan fingerprint density at radius 1 is 1.29 bits per heavy atom. The Bertz CT molecular complexity index is 1020. The van der Waals surface area contributed by atoms with Crippen LogP contribution in [0.15, 0.2) is 52.0 Å². The van der Waals surface area contributed by atoms with Gasteiger partial charge in [-0.15, -0.1) is 0 Å². The zero-order valence-electron chi connectivity index (χ0n) is 14.8. The van der Waals surface area contributed by atoms with Crippen LogP contribution in [0, 0.1) is 23.5 Å². The third kappa shape index (κ3) is 5.18. The maximum atomic E-state index is 14.7. The topological polar surface area (TPSA) is 73.5 Å². The van der Waals surface area contributed by atoms with Crippen LogP contribution in [0.5, 0.6) is 0 Å². The van der Waals surface area contributed by atoms with Crippen LogP contribution in [0.25, 0.3) is 0 Å². The van der Waals surface area contributed by atoms with E-state index in [1.54, 1.807) is 14.0 Å². The summed E-state index contributed by atoms with van der Waals surface area (Å²) in [5, 5.41) is 0.500. The van der Waals surface area contributed by atoms with Gasteiger partial charge in [0.25, 0.3) is 0 Å². The highest BCUT2D eigenvalue weighted by molar-refractivity contribution is 7.92. The van der Waals surface area contributed by atoms with Crippen molar-refractivity contribution in [3.8, 4) is 11.8 Å². The summed E-state index contributed by atoms with van der Waals surface area (Å²) in [6, 6.07) is 6.51. The zero-order chi connectivity index (χ0) is 20.8. The normalized spacial score (nSPS) is 13.0. The third-order valence-electron chi connectivity index (χ3n) is 3.60. The molecule has 146 valence electrons. The first-order valence-electron chi connectivity index (χ1n) is 7.77. The van der Waals surface area contributed by atoms with Crippen LogP contribution in [0.2, 0.25) is 10.0 Å². The first kappa shape index (κ1) is 22.1. The molecule has 0 aliphatic rings. The van der Waals surface area contributed by atoms with Crippen molar-refractivity contribution in [1.29, 1.82) is 0 Å². The molecular formula is C19H15Cl2F2N3OS. The Hall–Kier alpha value is -2.24. The average Bonchev–Trinajstić information content (AvgIpc) is 2.68. The van der Waals surface area contributed by atoms with Crippen LogP contribution in [0.3, 0.4) is 0 Å².